The highest BCUT2D eigenvalue weighted by Gasteiger charge is 2.26. The molecule has 4 rings (SSSR count). The summed E-state index contributed by atoms with van der Waals surface area (Å²) < 4.78 is 56.5. The molecular weight excluding hydrogens is 460 g/mol. The molecule has 0 spiro atoms. The molecule has 0 saturated carbocycles. The number of H-pyrrole nitrogens is 1. The second-order valence-electron chi connectivity index (χ2n) is 8.58. The zero-order valence-corrected chi connectivity index (χ0v) is 19.6. The van der Waals surface area contributed by atoms with Crippen LogP contribution in [0.2, 0.25) is 0 Å². The van der Waals surface area contributed by atoms with Crippen LogP contribution in [-0.4, -0.2) is 29.9 Å². The minimum atomic E-state index is -3.88. The van der Waals surface area contributed by atoms with E-state index in [4.69, 9.17) is 0 Å². The highest BCUT2D eigenvalue weighted by atomic mass is 32.2. The van der Waals surface area contributed by atoms with E-state index in [-0.39, 0.29) is 17.2 Å². The summed E-state index contributed by atoms with van der Waals surface area (Å²) in [4.78, 5) is 20.4. The lowest BCUT2D eigenvalue weighted by Crippen LogP contribution is -2.21. The quantitative estimate of drug-likeness (QED) is 0.342. The number of nitrogens with zero attached hydrogens (tertiary/aromatic N) is 1. The molecule has 6 nitrogen and oxygen atoms in total. The van der Waals surface area contributed by atoms with Crippen LogP contribution in [0.3, 0.4) is 0 Å². The fourth-order valence-corrected chi connectivity index (χ4v) is 5.17. The van der Waals surface area contributed by atoms with E-state index in [1.807, 2.05) is 31.2 Å². The van der Waals surface area contributed by atoms with E-state index in [2.05, 4.69) is 14.7 Å². The molecule has 2 heterocycles. The molecule has 0 amide bonds. The predicted molar refractivity (Wildman–Crippen MR) is 128 cm³/mol. The molecule has 0 aliphatic carbocycles. The first-order chi connectivity index (χ1) is 16.1. The number of anilines is 1. The topological polar surface area (TPSA) is 91.9 Å². The molecule has 4 aromatic rings. The van der Waals surface area contributed by atoms with Gasteiger partial charge in [0.15, 0.2) is 5.82 Å². The lowest BCUT2D eigenvalue weighted by atomic mass is 9.99. The van der Waals surface area contributed by atoms with Gasteiger partial charge in [-0.05, 0) is 36.6 Å². The Kier molecular flexibility index (Phi) is 6.22. The van der Waals surface area contributed by atoms with E-state index in [9.17, 15) is 17.6 Å². The number of sulfonamides is 1. The van der Waals surface area contributed by atoms with Gasteiger partial charge in [0.05, 0.1) is 17.0 Å². The third-order valence-corrected chi connectivity index (χ3v) is 6.93. The molecule has 2 aromatic carbocycles. The summed E-state index contributed by atoms with van der Waals surface area (Å²) in [6.45, 7) is 5.37. The van der Waals surface area contributed by atoms with Gasteiger partial charge in [-0.1, -0.05) is 43.7 Å². The Balaban J connectivity index is 1.76. The van der Waals surface area contributed by atoms with Crippen LogP contribution in [0.4, 0.5) is 14.5 Å². The van der Waals surface area contributed by atoms with Gasteiger partial charge in [0.1, 0.15) is 11.5 Å². The molecule has 0 atom stereocenters. The Hall–Kier alpha value is -3.59. The van der Waals surface area contributed by atoms with Crippen molar-refractivity contribution >= 4 is 32.5 Å². The molecule has 0 aliphatic rings. The van der Waals surface area contributed by atoms with Crippen LogP contribution >= 0.6 is 0 Å². The number of pyridine rings is 1. The smallest absolute Gasteiger partial charge is 0.233 e. The summed E-state index contributed by atoms with van der Waals surface area (Å²) in [5.74, 6) is -3.73. The average Bonchev–Trinajstić information content (AvgIpc) is 3.18. The lowest BCUT2D eigenvalue weighted by Gasteiger charge is -2.13. The Morgan fingerprint density at radius 2 is 1.79 bits per heavy atom. The maximum atomic E-state index is 15.2. The first kappa shape index (κ1) is 23.6. The van der Waals surface area contributed by atoms with Crippen molar-refractivity contribution in [3.63, 3.8) is 0 Å². The number of halogens is 2. The van der Waals surface area contributed by atoms with Gasteiger partial charge in [0.2, 0.25) is 15.8 Å². The first-order valence-electron chi connectivity index (χ1n) is 10.6. The van der Waals surface area contributed by atoms with Crippen molar-refractivity contribution < 1.29 is 22.0 Å². The summed E-state index contributed by atoms with van der Waals surface area (Å²) in [7, 11) is -3.88. The van der Waals surface area contributed by atoms with Crippen molar-refractivity contribution in [3.8, 4) is 11.1 Å². The van der Waals surface area contributed by atoms with Crippen LogP contribution in [-0.2, 0) is 10.0 Å². The molecule has 0 bridgehead atoms. The number of benzene rings is 2. The molecular formula is C25H23F2N3O3S. The predicted octanol–water partition coefficient (Wildman–Crippen LogP) is 5.45. The number of aromatic nitrogens is 2. The summed E-state index contributed by atoms with van der Waals surface area (Å²) in [5.41, 5.74) is 1.78. The van der Waals surface area contributed by atoms with Crippen LogP contribution < -0.4 is 4.72 Å². The van der Waals surface area contributed by atoms with E-state index in [0.717, 1.165) is 28.8 Å². The van der Waals surface area contributed by atoms with Gasteiger partial charge >= 0.3 is 0 Å². The van der Waals surface area contributed by atoms with Crippen LogP contribution in [0.15, 0.2) is 54.9 Å². The van der Waals surface area contributed by atoms with Gasteiger partial charge in [-0.3, -0.25) is 9.52 Å². The van der Waals surface area contributed by atoms with Gasteiger partial charge in [-0.15, -0.1) is 0 Å². The van der Waals surface area contributed by atoms with Crippen molar-refractivity contribution in [2.24, 2.45) is 5.92 Å². The molecule has 0 unspecified atom stereocenters. The number of nitrogens with one attached hydrogen (secondary N) is 2. The van der Waals surface area contributed by atoms with E-state index >= 15 is 4.39 Å². The largest absolute Gasteiger partial charge is 0.345 e. The van der Waals surface area contributed by atoms with E-state index < -0.39 is 38.7 Å². The number of carbonyl (C=O) groups is 1. The first-order valence-corrected chi connectivity index (χ1v) is 12.3. The number of hydrogen-bond acceptors (Lipinski definition) is 4. The summed E-state index contributed by atoms with van der Waals surface area (Å²) in [5, 5.41) is 0.396. The number of fused-ring (bicyclic) bond motifs is 1. The fourth-order valence-electron chi connectivity index (χ4n) is 3.72. The third-order valence-electron chi connectivity index (χ3n) is 5.30. The van der Waals surface area contributed by atoms with Crippen molar-refractivity contribution in [1.82, 2.24) is 9.97 Å². The highest BCUT2D eigenvalue weighted by Crippen LogP contribution is 2.29. The molecule has 0 fully saturated rings. The summed E-state index contributed by atoms with van der Waals surface area (Å²) >= 11 is 0. The van der Waals surface area contributed by atoms with Gasteiger partial charge in [0, 0.05) is 28.9 Å². The van der Waals surface area contributed by atoms with E-state index in [1.54, 1.807) is 26.1 Å². The van der Waals surface area contributed by atoms with Gasteiger partial charge in [-0.2, -0.15) is 0 Å². The van der Waals surface area contributed by atoms with Crippen molar-refractivity contribution in [2.75, 3.05) is 10.5 Å². The minimum absolute atomic E-state index is 0.0245. The molecule has 2 N–H and O–H groups in total. The summed E-state index contributed by atoms with van der Waals surface area (Å²) in [6, 6.07) is 11.3. The standard InChI is InChI=1S/C25H23F2N3O3S/c1-14(2)13-34(32,33)30-21-9-8-20(26)22(23(21)27)24(31)19-12-29-25-18(19)10-17(11-28-25)16-6-4-15(3)5-7-16/h4-12,14,30H,13H2,1-3H3,(H,28,29). The second kappa shape index (κ2) is 8.98. The van der Waals surface area contributed by atoms with Crippen LogP contribution in [0.5, 0.6) is 0 Å². The van der Waals surface area contributed by atoms with Crippen LogP contribution in [0.25, 0.3) is 22.2 Å². The van der Waals surface area contributed by atoms with Crippen LogP contribution in [0.1, 0.15) is 35.3 Å². The van der Waals surface area contributed by atoms with Crippen LogP contribution in [0, 0.1) is 24.5 Å². The lowest BCUT2D eigenvalue weighted by molar-refractivity contribution is 0.103. The zero-order valence-electron chi connectivity index (χ0n) is 18.8. The number of aromatic amines is 1. The zero-order chi connectivity index (χ0) is 24.6. The Morgan fingerprint density at radius 3 is 2.47 bits per heavy atom. The SMILES string of the molecule is Cc1ccc(-c2cnc3[nH]cc(C(=O)c4c(F)ccc(NS(=O)(=O)CC(C)C)c4F)c3c2)cc1. The number of hydrogen-bond donors (Lipinski definition) is 2. The highest BCUT2D eigenvalue weighted by molar-refractivity contribution is 7.92. The van der Waals surface area contributed by atoms with Crippen molar-refractivity contribution in [2.45, 2.75) is 20.8 Å². The Morgan fingerprint density at radius 1 is 1.09 bits per heavy atom. The second-order valence-corrected chi connectivity index (χ2v) is 10.3. The average molecular weight is 484 g/mol. The molecule has 9 heteroatoms. The third kappa shape index (κ3) is 4.70. The Bertz CT molecular complexity index is 1490. The molecule has 34 heavy (non-hydrogen) atoms. The monoisotopic (exact) mass is 483 g/mol. The number of ketones is 1. The summed E-state index contributed by atoms with van der Waals surface area (Å²) in [6.07, 6.45) is 2.98. The Labute approximate surface area is 196 Å². The molecule has 0 radical (unpaired) electrons. The van der Waals surface area contributed by atoms with Crippen molar-refractivity contribution in [3.05, 3.63) is 83.2 Å². The molecule has 2 aromatic heterocycles. The van der Waals surface area contributed by atoms with Crippen molar-refractivity contribution in [1.29, 1.82) is 0 Å². The maximum Gasteiger partial charge on any atom is 0.233 e. The normalized spacial score (nSPS) is 11.8. The maximum absolute atomic E-state index is 15.2. The fraction of sp³-hybridized carbons (Fsp3) is 0.200. The van der Waals surface area contributed by atoms with Gasteiger partial charge in [0.25, 0.3) is 0 Å². The number of aryl methyl sites for hydroxylation is 1. The van der Waals surface area contributed by atoms with E-state index in [1.165, 1.54) is 6.20 Å². The number of carbonyl (C=O) groups excluding carboxylic acids is 1. The molecule has 176 valence electrons. The number of rotatable bonds is 7. The van der Waals surface area contributed by atoms with E-state index in [0.29, 0.717) is 11.0 Å². The van der Waals surface area contributed by atoms with Gasteiger partial charge < -0.3 is 4.98 Å². The molecule has 0 saturated heterocycles. The molecule has 0 aliphatic heterocycles. The van der Waals surface area contributed by atoms with Gasteiger partial charge in [-0.25, -0.2) is 22.2 Å². The minimum Gasteiger partial charge on any atom is -0.345 e.